The van der Waals surface area contributed by atoms with Crippen molar-refractivity contribution in [2.24, 2.45) is 11.7 Å². The smallest absolute Gasteiger partial charge is 0.0367 e. The second kappa shape index (κ2) is 6.31. The quantitative estimate of drug-likeness (QED) is 0.934. The van der Waals surface area contributed by atoms with Crippen LogP contribution >= 0.6 is 0 Å². The average Bonchev–Trinajstić information content (AvgIpc) is 2.48. The Morgan fingerprint density at radius 2 is 1.71 bits per heavy atom. The van der Waals surface area contributed by atoms with E-state index in [2.05, 4.69) is 66.4 Å². The molecule has 3 rings (SSSR count). The summed E-state index contributed by atoms with van der Waals surface area (Å²) in [5.41, 5.74) is 10.3. The van der Waals surface area contributed by atoms with Gasteiger partial charge in [0.05, 0.1) is 0 Å². The van der Waals surface area contributed by atoms with Gasteiger partial charge in [-0.3, -0.25) is 0 Å². The summed E-state index contributed by atoms with van der Waals surface area (Å²) in [6.07, 6.45) is 2.24. The molecule has 1 saturated heterocycles. The van der Waals surface area contributed by atoms with Crippen LogP contribution in [0.3, 0.4) is 0 Å². The molecule has 0 bridgehead atoms. The molecule has 1 aliphatic heterocycles. The van der Waals surface area contributed by atoms with Crippen LogP contribution in [-0.4, -0.2) is 19.1 Å². The Balaban J connectivity index is 1.71. The van der Waals surface area contributed by atoms with Crippen LogP contribution in [0.5, 0.6) is 0 Å². The van der Waals surface area contributed by atoms with Crippen molar-refractivity contribution in [3.63, 3.8) is 0 Å². The van der Waals surface area contributed by atoms with Crippen LogP contribution in [0.25, 0.3) is 0 Å². The molecule has 110 valence electrons. The number of hydrogen-bond donors (Lipinski definition) is 1. The zero-order valence-electron chi connectivity index (χ0n) is 12.7. The van der Waals surface area contributed by atoms with Crippen LogP contribution in [0.15, 0.2) is 54.6 Å². The van der Waals surface area contributed by atoms with Crippen molar-refractivity contribution in [2.75, 3.05) is 18.0 Å². The molecule has 2 unspecified atom stereocenters. The highest BCUT2D eigenvalue weighted by molar-refractivity contribution is 5.48. The third-order valence-electron chi connectivity index (χ3n) is 4.34. The molecule has 2 heteroatoms. The molecule has 1 fully saturated rings. The summed E-state index contributed by atoms with van der Waals surface area (Å²) in [6.45, 7) is 4.20. The standard InChI is InChI=1S/C19H24N2/c1-15-7-9-19(10-8-15)21-13-17(12-18(20)14-21)11-16-5-3-2-4-6-16/h2-10,17-18H,11-14,20H2,1H3. The minimum atomic E-state index is 0.272. The summed E-state index contributed by atoms with van der Waals surface area (Å²) in [5.74, 6) is 0.637. The van der Waals surface area contributed by atoms with Crippen LogP contribution < -0.4 is 10.6 Å². The molecule has 2 atom stereocenters. The number of aryl methyl sites for hydroxylation is 1. The summed E-state index contributed by atoms with van der Waals surface area (Å²) in [7, 11) is 0. The maximum absolute atomic E-state index is 6.29. The average molecular weight is 280 g/mol. The fourth-order valence-electron chi connectivity index (χ4n) is 3.31. The van der Waals surface area contributed by atoms with E-state index in [0.29, 0.717) is 5.92 Å². The Morgan fingerprint density at radius 1 is 1.00 bits per heavy atom. The molecule has 0 amide bonds. The monoisotopic (exact) mass is 280 g/mol. The van der Waals surface area contributed by atoms with Gasteiger partial charge in [-0.15, -0.1) is 0 Å². The molecule has 0 radical (unpaired) electrons. The van der Waals surface area contributed by atoms with Gasteiger partial charge in [-0.2, -0.15) is 0 Å². The Hall–Kier alpha value is -1.80. The van der Waals surface area contributed by atoms with Gasteiger partial charge in [0, 0.05) is 24.8 Å². The van der Waals surface area contributed by atoms with E-state index in [0.717, 1.165) is 25.9 Å². The molecular weight excluding hydrogens is 256 g/mol. The zero-order chi connectivity index (χ0) is 14.7. The highest BCUT2D eigenvalue weighted by Gasteiger charge is 2.25. The first kappa shape index (κ1) is 14.2. The fourth-order valence-corrected chi connectivity index (χ4v) is 3.31. The van der Waals surface area contributed by atoms with Crippen molar-refractivity contribution < 1.29 is 0 Å². The first-order chi connectivity index (χ1) is 10.2. The molecule has 2 aromatic rings. The first-order valence-electron chi connectivity index (χ1n) is 7.82. The molecule has 0 saturated carbocycles. The van der Waals surface area contributed by atoms with Crippen LogP contribution in [0, 0.1) is 12.8 Å². The molecule has 21 heavy (non-hydrogen) atoms. The van der Waals surface area contributed by atoms with Gasteiger partial charge in [0.15, 0.2) is 0 Å². The van der Waals surface area contributed by atoms with Crippen molar-refractivity contribution >= 4 is 5.69 Å². The number of nitrogens with zero attached hydrogens (tertiary/aromatic N) is 1. The van der Waals surface area contributed by atoms with E-state index in [1.54, 1.807) is 0 Å². The largest absolute Gasteiger partial charge is 0.370 e. The maximum atomic E-state index is 6.29. The van der Waals surface area contributed by atoms with E-state index in [-0.39, 0.29) is 6.04 Å². The summed E-state index contributed by atoms with van der Waals surface area (Å²) in [4.78, 5) is 2.45. The molecule has 0 aromatic heterocycles. The second-order valence-electron chi connectivity index (χ2n) is 6.29. The number of anilines is 1. The summed E-state index contributed by atoms with van der Waals surface area (Å²) >= 11 is 0. The Bertz CT molecular complexity index is 562. The van der Waals surface area contributed by atoms with Gasteiger partial charge in [-0.25, -0.2) is 0 Å². The zero-order valence-corrected chi connectivity index (χ0v) is 12.7. The lowest BCUT2D eigenvalue weighted by Gasteiger charge is -2.38. The number of hydrogen-bond acceptors (Lipinski definition) is 2. The number of benzene rings is 2. The summed E-state index contributed by atoms with van der Waals surface area (Å²) < 4.78 is 0. The minimum Gasteiger partial charge on any atom is -0.370 e. The predicted octanol–water partition coefficient (Wildman–Crippen LogP) is 3.39. The molecular formula is C19H24N2. The van der Waals surface area contributed by atoms with Gasteiger partial charge in [-0.05, 0) is 43.4 Å². The van der Waals surface area contributed by atoms with Crippen LogP contribution in [0.2, 0.25) is 0 Å². The number of rotatable bonds is 3. The molecule has 1 heterocycles. The molecule has 0 spiro atoms. The van der Waals surface area contributed by atoms with Gasteiger partial charge in [-0.1, -0.05) is 48.0 Å². The third kappa shape index (κ3) is 3.64. The van der Waals surface area contributed by atoms with Crippen LogP contribution in [-0.2, 0) is 6.42 Å². The van der Waals surface area contributed by atoms with E-state index < -0.39 is 0 Å². The molecule has 2 nitrogen and oxygen atoms in total. The van der Waals surface area contributed by atoms with Crippen molar-refractivity contribution in [1.29, 1.82) is 0 Å². The maximum Gasteiger partial charge on any atom is 0.0367 e. The molecule has 2 aromatic carbocycles. The lowest BCUT2D eigenvalue weighted by Crippen LogP contribution is -2.47. The first-order valence-corrected chi connectivity index (χ1v) is 7.82. The molecule has 1 aliphatic rings. The van der Waals surface area contributed by atoms with Crippen molar-refractivity contribution in [2.45, 2.75) is 25.8 Å². The fraction of sp³-hybridized carbons (Fsp3) is 0.368. The number of piperidine rings is 1. The van der Waals surface area contributed by atoms with E-state index in [4.69, 9.17) is 5.73 Å². The van der Waals surface area contributed by atoms with Gasteiger partial charge in [0.25, 0.3) is 0 Å². The molecule has 0 aliphatic carbocycles. The summed E-state index contributed by atoms with van der Waals surface area (Å²) in [6, 6.07) is 19.8. The highest BCUT2D eigenvalue weighted by atomic mass is 15.2. The Kier molecular flexibility index (Phi) is 4.26. The van der Waals surface area contributed by atoms with E-state index in [1.807, 2.05) is 0 Å². The Morgan fingerprint density at radius 3 is 2.43 bits per heavy atom. The topological polar surface area (TPSA) is 29.3 Å². The lowest BCUT2D eigenvalue weighted by atomic mass is 9.89. The lowest BCUT2D eigenvalue weighted by molar-refractivity contribution is 0.374. The molecule has 2 N–H and O–H groups in total. The van der Waals surface area contributed by atoms with Crippen molar-refractivity contribution in [3.05, 3.63) is 65.7 Å². The van der Waals surface area contributed by atoms with E-state index >= 15 is 0 Å². The van der Waals surface area contributed by atoms with Gasteiger partial charge in [0.1, 0.15) is 0 Å². The third-order valence-corrected chi connectivity index (χ3v) is 4.34. The van der Waals surface area contributed by atoms with Gasteiger partial charge in [0.2, 0.25) is 0 Å². The van der Waals surface area contributed by atoms with Crippen molar-refractivity contribution in [3.8, 4) is 0 Å². The van der Waals surface area contributed by atoms with E-state index in [1.165, 1.54) is 16.8 Å². The highest BCUT2D eigenvalue weighted by Crippen LogP contribution is 2.25. The second-order valence-corrected chi connectivity index (χ2v) is 6.29. The number of nitrogens with two attached hydrogens (primary N) is 1. The van der Waals surface area contributed by atoms with Crippen molar-refractivity contribution in [1.82, 2.24) is 0 Å². The minimum absolute atomic E-state index is 0.272. The normalized spacial score (nSPS) is 22.3. The predicted molar refractivity (Wildman–Crippen MR) is 89.6 cm³/mol. The van der Waals surface area contributed by atoms with E-state index in [9.17, 15) is 0 Å². The SMILES string of the molecule is Cc1ccc(N2CC(N)CC(Cc3ccccc3)C2)cc1. The van der Waals surface area contributed by atoms with Crippen LogP contribution in [0.4, 0.5) is 5.69 Å². The Labute approximate surface area is 127 Å². The summed E-state index contributed by atoms with van der Waals surface area (Å²) in [5, 5.41) is 0. The van der Waals surface area contributed by atoms with Crippen LogP contribution in [0.1, 0.15) is 17.5 Å². The van der Waals surface area contributed by atoms with Gasteiger partial charge < -0.3 is 10.6 Å². The van der Waals surface area contributed by atoms with Gasteiger partial charge >= 0.3 is 0 Å².